The Morgan fingerprint density at radius 1 is 1.39 bits per heavy atom. The Kier molecular flexibility index (Phi) is 5.74. The van der Waals surface area contributed by atoms with E-state index in [1.54, 1.807) is 38.3 Å². The SMILES string of the molecule is CCOC(=O)C(F)C(O)c1ccc(COC)cc1. The third-order valence-corrected chi connectivity index (χ3v) is 2.42. The maximum absolute atomic E-state index is 13.6. The van der Waals surface area contributed by atoms with E-state index in [4.69, 9.17) is 4.74 Å². The molecule has 2 unspecified atom stereocenters. The van der Waals surface area contributed by atoms with Gasteiger partial charge >= 0.3 is 5.97 Å². The van der Waals surface area contributed by atoms with Crippen molar-refractivity contribution in [3.8, 4) is 0 Å². The van der Waals surface area contributed by atoms with Crippen molar-refractivity contribution in [3.63, 3.8) is 0 Å². The van der Waals surface area contributed by atoms with Crippen molar-refractivity contribution in [2.75, 3.05) is 13.7 Å². The van der Waals surface area contributed by atoms with Crippen molar-refractivity contribution >= 4 is 5.97 Å². The molecule has 0 heterocycles. The number of carbonyl (C=O) groups is 1. The second kappa shape index (κ2) is 7.08. The van der Waals surface area contributed by atoms with Crippen LogP contribution in [0, 0.1) is 0 Å². The van der Waals surface area contributed by atoms with Gasteiger partial charge in [0.2, 0.25) is 6.17 Å². The summed E-state index contributed by atoms with van der Waals surface area (Å²) >= 11 is 0. The summed E-state index contributed by atoms with van der Waals surface area (Å²) in [5.74, 6) is -1.05. The quantitative estimate of drug-likeness (QED) is 0.788. The van der Waals surface area contributed by atoms with Gasteiger partial charge in [0, 0.05) is 7.11 Å². The first-order valence-electron chi connectivity index (χ1n) is 5.66. The van der Waals surface area contributed by atoms with Gasteiger partial charge < -0.3 is 14.6 Å². The average molecular weight is 256 g/mol. The Hall–Kier alpha value is -1.46. The summed E-state index contributed by atoms with van der Waals surface area (Å²) in [6, 6.07) is 6.54. The molecule has 0 fully saturated rings. The molecule has 5 heteroatoms. The van der Waals surface area contributed by atoms with Crippen LogP contribution in [0.15, 0.2) is 24.3 Å². The molecule has 0 bridgehead atoms. The van der Waals surface area contributed by atoms with E-state index >= 15 is 0 Å². The Morgan fingerprint density at radius 2 is 2.00 bits per heavy atom. The van der Waals surface area contributed by atoms with Crippen LogP contribution in [0.4, 0.5) is 4.39 Å². The fraction of sp³-hybridized carbons (Fsp3) is 0.462. The van der Waals surface area contributed by atoms with Crippen molar-refractivity contribution < 1.29 is 23.8 Å². The lowest BCUT2D eigenvalue weighted by atomic mass is 10.0. The molecule has 0 aliphatic carbocycles. The average Bonchev–Trinajstić information content (AvgIpc) is 2.38. The molecule has 1 aromatic carbocycles. The highest BCUT2D eigenvalue weighted by molar-refractivity contribution is 5.75. The lowest BCUT2D eigenvalue weighted by Gasteiger charge is -2.15. The Bertz CT molecular complexity index is 377. The lowest BCUT2D eigenvalue weighted by Crippen LogP contribution is -2.26. The van der Waals surface area contributed by atoms with Gasteiger partial charge in [-0.25, -0.2) is 9.18 Å². The minimum absolute atomic E-state index is 0.0821. The Labute approximate surface area is 105 Å². The first kappa shape index (κ1) is 14.6. The van der Waals surface area contributed by atoms with Crippen molar-refractivity contribution in [1.29, 1.82) is 0 Å². The molecule has 0 saturated heterocycles. The van der Waals surface area contributed by atoms with E-state index in [0.717, 1.165) is 5.56 Å². The van der Waals surface area contributed by atoms with Gasteiger partial charge in [0.15, 0.2) is 0 Å². The zero-order chi connectivity index (χ0) is 13.5. The first-order chi connectivity index (χ1) is 8.60. The highest BCUT2D eigenvalue weighted by Crippen LogP contribution is 2.21. The van der Waals surface area contributed by atoms with Gasteiger partial charge in [-0.1, -0.05) is 24.3 Å². The van der Waals surface area contributed by atoms with Crippen LogP contribution in [-0.4, -0.2) is 31.0 Å². The van der Waals surface area contributed by atoms with Crippen LogP contribution in [0.3, 0.4) is 0 Å². The third kappa shape index (κ3) is 3.78. The number of ether oxygens (including phenoxy) is 2. The summed E-state index contributed by atoms with van der Waals surface area (Å²) in [5.41, 5.74) is 1.23. The second-order valence-corrected chi connectivity index (χ2v) is 3.77. The number of aliphatic hydroxyl groups is 1. The molecule has 100 valence electrons. The van der Waals surface area contributed by atoms with E-state index in [1.807, 2.05) is 0 Å². The molecule has 0 spiro atoms. The summed E-state index contributed by atoms with van der Waals surface area (Å²) in [6.07, 6.45) is -3.58. The van der Waals surface area contributed by atoms with Gasteiger partial charge in [-0.05, 0) is 18.1 Å². The van der Waals surface area contributed by atoms with Gasteiger partial charge in [0.1, 0.15) is 6.10 Å². The van der Waals surface area contributed by atoms with Crippen LogP contribution in [0.2, 0.25) is 0 Å². The molecule has 0 aliphatic rings. The summed E-state index contributed by atoms with van der Waals surface area (Å²) in [5, 5.41) is 9.70. The second-order valence-electron chi connectivity index (χ2n) is 3.77. The maximum atomic E-state index is 13.6. The molecule has 1 N–H and O–H groups in total. The molecular weight excluding hydrogens is 239 g/mol. The number of esters is 1. The van der Waals surface area contributed by atoms with Gasteiger partial charge in [0.05, 0.1) is 13.2 Å². The molecule has 1 rings (SSSR count). The van der Waals surface area contributed by atoms with E-state index in [2.05, 4.69) is 4.74 Å². The van der Waals surface area contributed by atoms with Gasteiger partial charge in [-0.2, -0.15) is 0 Å². The monoisotopic (exact) mass is 256 g/mol. The summed E-state index contributed by atoms with van der Waals surface area (Å²) in [4.78, 5) is 11.2. The number of alkyl halides is 1. The molecule has 0 aliphatic heterocycles. The van der Waals surface area contributed by atoms with Crippen LogP contribution >= 0.6 is 0 Å². The summed E-state index contributed by atoms with van der Waals surface area (Å²) in [7, 11) is 1.57. The number of halogens is 1. The van der Waals surface area contributed by atoms with E-state index in [9.17, 15) is 14.3 Å². The number of aliphatic hydroxyl groups excluding tert-OH is 1. The van der Waals surface area contributed by atoms with Crippen LogP contribution in [-0.2, 0) is 20.9 Å². The topological polar surface area (TPSA) is 55.8 Å². The smallest absolute Gasteiger partial charge is 0.343 e. The van der Waals surface area contributed by atoms with Crippen molar-refractivity contribution in [2.24, 2.45) is 0 Å². The fourth-order valence-corrected chi connectivity index (χ4v) is 1.50. The normalized spacial score (nSPS) is 14.0. The van der Waals surface area contributed by atoms with E-state index in [-0.39, 0.29) is 6.61 Å². The molecule has 0 aromatic heterocycles. The molecular formula is C13H17FO4. The first-order valence-corrected chi connectivity index (χ1v) is 5.66. The Balaban J connectivity index is 2.71. The fourth-order valence-electron chi connectivity index (χ4n) is 1.50. The number of benzene rings is 1. The predicted octanol–water partition coefficient (Wildman–Crippen LogP) is 1.77. The van der Waals surface area contributed by atoms with Gasteiger partial charge in [0.25, 0.3) is 0 Å². The lowest BCUT2D eigenvalue weighted by molar-refractivity contribution is -0.153. The van der Waals surface area contributed by atoms with Crippen molar-refractivity contribution in [3.05, 3.63) is 35.4 Å². The standard InChI is InChI=1S/C13H17FO4/c1-3-18-13(16)11(14)12(15)10-6-4-9(5-7-10)8-17-2/h4-7,11-12,15H,3,8H2,1-2H3. The van der Waals surface area contributed by atoms with Gasteiger partial charge in [-0.3, -0.25) is 0 Å². The number of hydrogen-bond donors (Lipinski definition) is 1. The molecule has 1 aromatic rings. The number of hydrogen-bond acceptors (Lipinski definition) is 4. The number of carbonyl (C=O) groups excluding carboxylic acids is 1. The minimum Gasteiger partial charge on any atom is -0.464 e. The third-order valence-electron chi connectivity index (χ3n) is 2.42. The number of methoxy groups -OCH3 is 1. The van der Waals surface area contributed by atoms with Crippen LogP contribution in [0.25, 0.3) is 0 Å². The zero-order valence-corrected chi connectivity index (χ0v) is 10.4. The van der Waals surface area contributed by atoms with Crippen LogP contribution in [0.1, 0.15) is 24.2 Å². The Morgan fingerprint density at radius 3 is 2.50 bits per heavy atom. The molecule has 4 nitrogen and oxygen atoms in total. The van der Waals surface area contributed by atoms with E-state index in [0.29, 0.717) is 12.2 Å². The predicted molar refractivity (Wildman–Crippen MR) is 63.6 cm³/mol. The number of rotatable bonds is 6. The molecule has 0 saturated carbocycles. The maximum Gasteiger partial charge on any atom is 0.343 e. The van der Waals surface area contributed by atoms with Crippen LogP contribution < -0.4 is 0 Å². The van der Waals surface area contributed by atoms with E-state index < -0.39 is 18.2 Å². The van der Waals surface area contributed by atoms with E-state index in [1.165, 1.54) is 0 Å². The molecule has 0 amide bonds. The highest BCUT2D eigenvalue weighted by atomic mass is 19.1. The molecule has 0 radical (unpaired) electrons. The highest BCUT2D eigenvalue weighted by Gasteiger charge is 2.28. The van der Waals surface area contributed by atoms with Crippen molar-refractivity contribution in [1.82, 2.24) is 0 Å². The zero-order valence-electron chi connectivity index (χ0n) is 10.4. The molecule has 2 atom stereocenters. The summed E-state index contributed by atoms with van der Waals surface area (Å²) < 4.78 is 23.0. The van der Waals surface area contributed by atoms with Crippen LogP contribution in [0.5, 0.6) is 0 Å². The van der Waals surface area contributed by atoms with Crippen molar-refractivity contribution in [2.45, 2.75) is 25.8 Å². The molecule has 18 heavy (non-hydrogen) atoms. The van der Waals surface area contributed by atoms with Gasteiger partial charge in [-0.15, -0.1) is 0 Å². The minimum atomic E-state index is -2.07. The summed E-state index contributed by atoms with van der Waals surface area (Å²) in [6.45, 7) is 2.10. The largest absolute Gasteiger partial charge is 0.464 e.